The summed E-state index contributed by atoms with van der Waals surface area (Å²) >= 11 is 0. The molecule has 0 fully saturated rings. The highest BCUT2D eigenvalue weighted by Gasteiger charge is 2.24. The van der Waals surface area contributed by atoms with Crippen molar-refractivity contribution in [1.82, 2.24) is 24.9 Å². The summed E-state index contributed by atoms with van der Waals surface area (Å²) in [7, 11) is 3.48. The van der Waals surface area contributed by atoms with Crippen LogP contribution in [0.25, 0.3) is 0 Å². The normalized spacial score (nSPS) is 12.1. The molecule has 3 aromatic rings. The van der Waals surface area contributed by atoms with Crippen LogP contribution in [0, 0.1) is 19.8 Å². The molecule has 158 valence electrons. The van der Waals surface area contributed by atoms with Gasteiger partial charge in [0.1, 0.15) is 11.4 Å². The summed E-state index contributed by atoms with van der Waals surface area (Å²) in [5.41, 5.74) is 4.01. The van der Waals surface area contributed by atoms with Crippen molar-refractivity contribution in [2.24, 2.45) is 20.0 Å². The van der Waals surface area contributed by atoms with Crippen LogP contribution < -0.4 is 10.6 Å². The summed E-state index contributed by atoms with van der Waals surface area (Å²) in [5, 5.41) is 14.6. The zero-order chi connectivity index (χ0) is 22.0. The molecule has 0 aliphatic rings. The number of benzene rings is 1. The Bertz CT molecular complexity index is 1080. The van der Waals surface area contributed by atoms with Crippen molar-refractivity contribution in [1.29, 1.82) is 0 Å². The number of nitrogens with one attached hydrogen (secondary N) is 2. The molecule has 1 aromatic carbocycles. The summed E-state index contributed by atoms with van der Waals surface area (Å²) < 4.78 is 3.13. The third-order valence-electron chi connectivity index (χ3n) is 4.97. The molecule has 8 nitrogen and oxygen atoms in total. The Balaban J connectivity index is 1.89. The monoisotopic (exact) mass is 408 g/mol. The number of aromatic nitrogens is 4. The van der Waals surface area contributed by atoms with Crippen molar-refractivity contribution >= 4 is 17.5 Å². The van der Waals surface area contributed by atoms with Crippen LogP contribution in [0.15, 0.2) is 36.4 Å². The van der Waals surface area contributed by atoms with E-state index in [0.29, 0.717) is 17.1 Å². The zero-order valence-corrected chi connectivity index (χ0v) is 18.2. The fourth-order valence-electron chi connectivity index (χ4n) is 3.53. The van der Waals surface area contributed by atoms with E-state index in [9.17, 15) is 9.59 Å². The summed E-state index contributed by atoms with van der Waals surface area (Å²) in [6.07, 6.45) is 0. The van der Waals surface area contributed by atoms with E-state index in [2.05, 4.69) is 20.8 Å². The number of rotatable bonds is 6. The number of amides is 2. The van der Waals surface area contributed by atoms with Gasteiger partial charge in [0.2, 0.25) is 0 Å². The van der Waals surface area contributed by atoms with E-state index in [1.165, 1.54) is 0 Å². The van der Waals surface area contributed by atoms with Gasteiger partial charge in [0.05, 0.1) is 17.4 Å². The van der Waals surface area contributed by atoms with Gasteiger partial charge in [-0.3, -0.25) is 19.0 Å². The zero-order valence-electron chi connectivity index (χ0n) is 18.2. The number of anilines is 1. The lowest BCUT2D eigenvalue weighted by atomic mass is 9.94. The molecule has 30 heavy (non-hydrogen) atoms. The number of hydrogen-bond acceptors (Lipinski definition) is 4. The van der Waals surface area contributed by atoms with Crippen molar-refractivity contribution < 1.29 is 9.59 Å². The molecule has 0 saturated carbocycles. The van der Waals surface area contributed by atoms with Crippen LogP contribution in [0.2, 0.25) is 0 Å². The molecule has 3 rings (SSSR count). The number of nitrogens with zero attached hydrogens (tertiary/aromatic N) is 4. The summed E-state index contributed by atoms with van der Waals surface area (Å²) in [5.74, 6) is -0.359. The molecule has 1 atom stereocenters. The molecule has 0 aliphatic heterocycles. The van der Waals surface area contributed by atoms with Gasteiger partial charge in [-0.2, -0.15) is 10.2 Å². The predicted molar refractivity (Wildman–Crippen MR) is 115 cm³/mol. The van der Waals surface area contributed by atoms with Crippen molar-refractivity contribution in [3.05, 3.63) is 64.7 Å². The number of hydrogen-bond donors (Lipinski definition) is 2. The first-order chi connectivity index (χ1) is 14.2. The van der Waals surface area contributed by atoms with E-state index < -0.39 is 0 Å². The van der Waals surface area contributed by atoms with Crippen LogP contribution in [-0.4, -0.2) is 31.4 Å². The minimum atomic E-state index is -0.294. The SMILES string of the molecule is Cc1cc(C(=O)Nc2ccccc2C(NC(=O)c2cc(C)nn2C)C(C)C)n(C)n1. The second-order valence-corrected chi connectivity index (χ2v) is 7.83. The maximum absolute atomic E-state index is 12.9. The fourth-order valence-corrected chi connectivity index (χ4v) is 3.53. The predicted octanol–water partition coefficient (Wildman–Crippen LogP) is 3.15. The first-order valence-corrected chi connectivity index (χ1v) is 9.89. The Kier molecular flexibility index (Phi) is 6.05. The quantitative estimate of drug-likeness (QED) is 0.655. The molecule has 0 saturated heterocycles. The van der Waals surface area contributed by atoms with Crippen LogP contribution in [0.5, 0.6) is 0 Å². The van der Waals surface area contributed by atoms with E-state index in [1.807, 2.05) is 52.0 Å². The van der Waals surface area contributed by atoms with Gasteiger partial charge in [-0.1, -0.05) is 32.0 Å². The van der Waals surface area contributed by atoms with E-state index in [1.54, 1.807) is 35.6 Å². The van der Waals surface area contributed by atoms with Crippen LogP contribution in [-0.2, 0) is 14.1 Å². The summed E-state index contributed by atoms with van der Waals surface area (Å²) in [6, 6.07) is 10.7. The lowest BCUT2D eigenvalue weighted by molar-refractivity contribution is 0.0916. The second kappa shape index (κ2) is 8.52. The van der Waals surface area contributed by atoms with Crippen molar-refractivity contribution in [2.75, 3.05) is 5.32 Å². The van der Waals surface area contributed by atoms with Gasteiger partial charge in [0.15, 0.2) is 0 Å². The molecule has 2 amide bonds. The molecular weight excluding hydrogens is 380 g/mol. The van der Waals surface area contributed by atoms with Gasteiger partial charge in [0, 0.05) is 19.8 Å². The van der Waals surface area contributed by atoms with Gasteiger partial charge < -0.3 is 10.6 Å². The average Bonchev–Trinajstić information content (AvgIpc) is 3.20. The largest absolute Gasteiger partial charge is 0.344 e. The molecule has 0 bridgehead atoms. The Morgan fingerprint density at radius 1 is 0.900 bits per heavy atom. The first-order valence-electron chi connectivity index (χ1n) is 9.89. The van der Waals surface area contributed by atoms with Crippen LogP contribution in [0.3, 0.4) is 0 Å². The van der Waals surface area contributed by atoms with E-state index in [4.69, 9.17) is 0 Å². The third kappa shape index (κ3) is 4.42. The third-order valence-corrected chi connectivity index (χ3v) is 4.97. The van der Waals surface area contributed by atoms with Crippen LogP contribution >= 0.6 is 0 Å². The van der Waals surface area contributed by atoms with E-state index >= 15 is 0 Å². The molecule has 0 radical (unpaired) electrons. The van der Waals surface area contributed by atoms with Gasteiger partial charge in [-0.25, -0.2) is 0 Å². The maximum atomic E-state index is 12.9. The van der Waals surface area contributed by atoms with Gasteiger partial charge in [0.25, 0.3) is 11.8 Å². The Morgan fingerprint density at radius 2 is 1.43 bits per heavy atom. The van der Waals surface area contributed by atoms with E-state index in [0.717, 1.165) is 17.0 Å². The maximum Gasteiger partial charge on any atom is 0.273 e. The highest BCUT2D eigenvalue weighted by Crippen LogP contribution is 2.29. The van der Waals surface area contributed by atoms with E-state index in [-0.39, 0.29) is 23.8 Å². The second-order valence-electron chi connectivity index (χ2n) is 7.83. The van der Waals surface area contributed by atoms with Gasteiger partial charge in [-0.15, -0.1) is 0 Å². The van der Waals surface area contributed by atoms with Crippen molar-refractivity contribution in [3.63, 3.8) is 0 Å². The molecule has 0 aliphatic carbocycles. The Labute approximate surface area is 176 Å². The molecule has 2 heterocycles. The van der Waals surface area contributed by atoms with Crippen molar-refractivity contribution in [2.45, 2.75) is 33.7 Å². The van der Waals surface area contributed by atoms with Gasteiger partial charge >= 0.3 is 0 Å². The number of para-hydroxylation sites is 1. The molecular formula is C22H28N6O2. The average molecular weight is 409 g/mol. The number of aryl methyl sites for hydroxylation is 4. The number of carbonyl (C=O) groups is 2. The standard InChI is InChI=1S/C22H28N6O2/c1-13(2)20(24-22(30)19-12-15(4)26-28(19)6)16-9-7-8-10-17(16)23-21(29)18-11-14(3)25-27(18)5/h7-13,20H,1-6H3,(H,23,29)(H,24,30). The molecule has 2 aromatic heterocycles. The first kappa shape index (κ1) is 21.3. The highest BCUT2D eigenvalue weighted by molar-refractivity contribution is 6.03. The number of carbonyl (C=O) groups excluding carboxylic acids is 2. The van der Waals surface area contributed by atoms with Crippen LogP contribution in [0.1, 0.15) is 57.8 Å². The van der Waals surface area contributed by atoms with Crippen LogP contribution in [0.4, 0.5) is 5.69 Å². The lowest BCUT2D eigenvalue weighted by Crippen LogP contribution is -2.33. The minimum absolute atomic E-state index is 0.0975. The molecule has 2 N–H and O–H groups in total. The fraction of sp³-hybridized carbons (Fsp3) is 0.364. The smallest absolute Gasteiger partial charge is 0.273 e. The molecule has 8 heteroatoms. The summed E-state index contributed by atoms with van der Waals surface area (Å²) in [4.78, 5) is 25.7. The molecule has 0 spiro atoms. The van der Waals surface area contributed by atoms with Crippen molar-refractivity contribution in [3.8, 4) is 0 Å². The Hall–Kier alpha value is -3.42. The Morgan fingerprint density at radius 3 is 1.93 bits per heavy atom. The minimum Gasteiger partial charge on any atom is -0.344 e. The van der Waals surface area contributed by atoms with Gasteiger partial charge in [-0.05, 0) is 43.5 Å². The topological polar surface area (TPSA) is 93.8 Å². The lowest BCUT2D eigenvalue weighted by Gasteiger charge is -2.25. The molecule has 1 unspecified atom stereocenters. The summed E-state index contributed by atoms with van der Waals surface area (Å²) in [6.45, 7) is 7.75. The highest BCUT2D eigenvalue weighted by atomic mass is 16.2.